The SMILES string of the molecule is CC(C)NC(=O)CN1CCC2(CCC1=O)CNC(=O)c1ccccc1O2. The van der Waals surface area contributed by atoms with E-state index < -0.39 is 5.60 Å². The molecule has 7 heteroatoms. The van der Waals surface area contributed by atoms with Crippen LogP contribution in [0.15, 0.2) is 24.3 Å². The van der Waals surface area contributed by atoms with Gasteiger partial charge in [0.05, 0.1) is 18.7 Å². The monoisotopic (exact) mass is 359 g/mol. The average Bonchev–Trinajstić information content (AvgIpc) is 2.83. The predicted molar refractivity (Wildman–Crippen MR) is 95.8 cm³/mol. The number of ether oxygens (including phenoxy) is 1. The Kier molecular flexibility index (Phi) is 5.15. The molecule has 1 saturated heterocycles. The second kappa shape index (κ2) is 7.35. The molecule has 1 atom stereocenters. The zero-order valence-corrected chi connectivity index (χ0v) is 15.2. The summed E-state index contributed by atoms with van der Waals surface area (Å²) in [5.74, 6) is 0.153. The molecule has 2 N–H and O–H groups in total. The standard InChI is InChI=1S/C19H25N3O4/c1-13(2)21-16(23)11-22-10-9-19(8-7-17(22)24)12-20-18(25)14-5-3-4-6-15(14)26-19/h3-6,13H,7-12H2,1-2H3,(H,20,25)(H,21,23). The summed E-state index contributed by atoms with van der Waals surface area (Å²) in [6.45, 7) is 4.59. The lowest BCUT2D eigenvalue weighted by molar-refractivity contribution is -0.135. The summed E-state index contributed by atoms with van der Waals surface area (Å²) in [5.41, 5.74) is -0.130. The van der Waals surface area contributed by atoms with Gasteiger partial charge < -0.3 is 20.3 Å². The molecule has 140 valence electrons. The zero-order valence-electron chi connectivity index (χ0n) is 15.2. The lowest BCUT2D eigenvalue weighted by Crippen LogP contribution is -2.46. The molecule has 0 aliphatic carbocycles. The third kappa shape index (κ3) is 3.98. The fraction of sp³-hybridized carbons (Fsp3) is 0.526. The first-order valence-electron chi connectivity index (χ1n) is 9.02. The molecule has 3 rings (SSSR count). The van der Waals surface area contributed by atoms with Gasteiger partial charge in [-0.1, -0.05) is 12.1 Å². The number of benzene rings is 1. The van der Waals surface area contributed by atoms with Crippen molar-refractivity contribution in [2.24, 2.45) is 0 Å². The van der Waals surface area contributed by atoms with Gasteiger partial charge in [0.1, 0.15) is 11.4 Å². The van der Waals surface area contributed by atoms with Crippen molar-refractivity contribution in [3.63, 3.8) is 0 Å². The van der Waals surface area contributed by atoms with Crippen molar-refractivity contribution in [3.8, 4) is 5.75 Å². The van der Waals surface area contributed by atoms with Crippen LogP contribution in [0.3, 0.4) is 0 Å². The van der Waals surface area contributed by atoms with Crippen molar-refractivity contribution in [1.82, 2.24) is 15.5 Å². The zero-order chi connectivity index (χ0) is 18.7. The molecular formula is C19H25N3O4. The van der Waals surface area contributed by atoms with Crippen LogP contribution in [0.25, 0.3) is 0 Å². The Morgan fingerprint density at radius 1 is 1.31 bits per heavy atom. The molecule has 1 aromatic rings. The van der Waals surface area contributed by atoms with Crippen LogP contribution >= 0.6 is 0 Å². The molecule has 7 nitrogen and oxygen atoms in total. The number of fused-ring (bicyclic) bond motifs is 1. The van der Waals surface area contributed by atoms with Crippen molar-refractivity contribution in [3.05, 3.63) is 29.8 Å². The van der Waals surface area contributed by atoms with Crippen LogP contribution in [-0.2, 0) is 9.59 Å². The molecule has 2 heterocycles. The van der Waals surface area contributed by atoms with Gasteiger partial charge in [-0.3, -0.25) is 14.4 Å². The van der Waals surface area contributed by atoms with Crippen LogP contribution in [0, 0.1) is 0 Å². The number of hydrogen-bond donors (Lipinski definition) is 2. The Bertz CT molecular complexity index is 718. The predicted octanol–water partition coefficient (Wildman–Crippen LogP) is 1.08. The summed E-state index contributed by atoms with van der Waals surface area (Å²) in [5, 5.41) is 5.72. The van der Waals surface area contributed by atoms with Gasteiger partial charge in [-0.05, 0) is 32.4 Å². The minimum Gasteiger partial charge on any atom is -0.485 e. The van der Waals surface area contributed by atoms with E-state index in [4.69, 9.17) is 4.74 Å². The number of hydrogen-bond acceptors (Lipinski definition) is 4. The van der Waals surface area contributed by atoms with Crippen molar-refractivity contribution >= 4 is 17.7 Å². The van der Waals surface area contributed by atoms with Gasteiger partial charge in [-0.15, -0.1) is 0 Å². The molecule has 2 aliphatic heterocycles. The molecule has 1 spiro atoms. The van der Waals surface area contributed by atoms with E-state index in [2.05, 4.69) is 10.6 Å². The summed E-state index contributed by atoms with van der Waals surface area (Å²) in [7, 11) is 0. The van der Waals surface area contributed by atoms with Crippen molar-refractivity contribution in [1.29, 1.82) is 0 Å². The minimum absolute atomic E-state index is 0.0350. The third-order valence-corrected chi connectivity index (χ3v) is 4.80. The Hall–Kier alpha value is -2.57. The van der Waals surface area contributed by atoms with Crippen molar-refractivity contribution in [2.75, 3.05) is 19.6 Å². The maximum atomic E-state index is 12.5. The second-order valence-electron chi connectivity index (χ2n) is 7.25. The normalized spacial score (nSPS) is 23.0. The van der Waals surface area contributed by atoms with Crippen LogP contribution < -0.4 is 15.4 Å². The summed E-state index contributed by atoms with van der Waals surface area (Å²) >= 11 is 0. The number of carbonyl (C=O) groups is 3. The number of carbonyl (C=O) groups excluding carboxylic acids is 3. The van der Waals surface area contributed by atoms with Crippen LogP contribution in [0.2, 0.25) is 0 Å². The highest BCUT2D eigenvalue weighted by molar-refractivity contribution is 5.97. The lowest BCUT2D eigenvalue weighted by atomic mass is 9.94. The number of rotatable bonds is 3. The molecule has 0 saturated carbocycles. The topological polar surface area (TPSA) is 87.7 Å². The highest BCUT2D eigenvalue weighted by Crippen LogP contribution is 2.33. The first-order chi connectivity index (χ1) is 12.4. The first kappa shape index (κ1) is 18.2. The van der Waals surface area contributed by atoms with Gasteiger partial charge in [0, 0.05) is 25.4 Å². The highest BCUT2D eigenvalue weighted by Gasteiger charge is 2.40. The largest absolute Gasteiger partial charge is 0.485 e. The Morgan fingerprint density at radius 2 is 2.08 bits per heavy atom. The van der Waals surface area contributed by atoms with Gasteiger partial charge in [0.2, 0.25) is 11.8 Å². The molecule has 1 fully saturated rings. The van der Waals surface area contributed by atoms with Crippen LogP contribution in [0.5, 0.6) is 5.75 Å². The van der Waals surface area contributed by atoms with Gasteiger partial charge >= 0.3 is 0 Å². The van der Waals surface area contributed by atoms with Crippen LogP contribution in [0.4, 0.5) is 0 Å². The van der Waals surface area contributed by atoms with Crippen molar-refractivity contribution < 1.29 is 19.1 Å². The number of amides is 3. The average molecular weight is 359 g/mol. The highest BCUT2D eigenvalue weighted by atomic mass is 16.5. The van der Waals surface area contributed by atoms with Crippen molar-refractivity contribution in [2.45, 2.75) is 44.8 Å². The molecule has 26 heavy (non-hydrogen) atoms. The molecule has 3 amide bonds. The van der Waals surface area contributed by atoms with E-state index in [1.807, 2.05) is 19.9 Å². The maximum Gasteiger partial charge on any atom is 0.255 e. The van der Waals surface area contributed by atoms with Gasteiger partial charge in [-0.2, -0.15) is 0 Å². The number of likely N-dealkylation sites (tertiary alicyclic amines) is 1. The van der Waals surface area contributed by atoms with Gasteiger partial charge in [0.15, 0.2) is 0 Å². The maximum absolute atomic E-state index is 12.5. The summed E-state index contributed by atoms with van der Waals surface area (Å²) in [4.78, 5) is 38.3. The Balaban J connectivity index is 1.74. The summed E-state index contributed by atoms with van der Waals surface area (Å²) < 4.78 is 6.24. The quantitative estimate of drug-likeness (QED) is 0.846. The Morgan fingerprint density at radius 3 is 2.85 bits per heavy atom. The lowest BCUT2D eigenvalue weighted by Gasteiger charge is -2.32. The molecule has 1 unspecified atom stereocenters. The van der Waals surface area contributed by atoms with E-state index in [0.717, 1.165) is 0 Å². The molecule has 0 radical (unpaired) electrons. The summed E-state index contributed by atoms with van der Waals surface area (Å²) in [6, 6.07) is 7.17. The van der Waals surface area contributed by atoms with E-state index in [9.17, 15) is 14.4 Å². The molecule has 0 aromatic heterocycles. The van der Waals surface area contributed by atoms with E-state index in [1.165, 1.54) is 0 Å². The molecule has 2 aliphatic rings. The van der Waals surface area contributed by atoms with E-state index in [0.29, 0.717) is 37.2 Å². The fourth-order valence-corrected chi connectivity index (χ4v) is 3.42. The number of nitrogens with one attached hydrogen (secondary N) is 2. The second-order valence-corrected chi connectivity index (χ2v) is 7.25. The van der Waals surface area contributed by atoms with E-state index in [-0.39, 0.29) is 36.7 Å². The van der Waals surface area contributed by atoms with Gasteiger partial charge in [-0.25, -0.2) is 0 Å². The molecule has 1 aromatic carbocycles. The summed E-state index contributed by atoms with van der Waals surface area (Å²) in [6.07, 6.45) is 1.35. The smallest absolute Gasteiger partial charge is 0.255 e. The fourth-order valence-electron chi connectivity index (χ4n) is 3.42. The Labute approximate surface area is 153 Å². The van der Waals surface area contributed by atoms with Crippen LogP contribution in [-0.4, -0.2) is 53.9 Å². The minimum atomic E-state index is -0.638. The third-order valence-electron chi connectivity index (χ3n) is 4.80. The number of para-hydroxylation sites is 1. The number of nitrogens with zero attached hydrogens (tertiary/aromatic N) is 1. The van der Waals surface area contributed by atoms with Crippen LogP contribution in [0.1, 0.15) is 43.5 Å². The van der Waals surface area contributed by atoms with Gasteiger partial charge in [0.25, 0.3) is 5.91 Å². The first-order valence-corrected chi connectivity index (χ1v) is 9.02. The molecular weight excluding hydrogens is 334 g/mol. The van der Waals surface area contributed by atoms with E-state index in [1.54, 1.807) is 23.1 Å². The van der Waals surface area contributed by atoms with E-state index >= 15 is 0 Å². The molecule has 0 bridgehead atoms.